The van der Waals surface area contributed by atoms with E-state index in [9.17, 15) is 0 Å². The molecule has 20 heavy (non-hydrogen) atoms. The second-order valence-electron chi connectivity index (χ2n) is 6.01. The topological polar surface area (TPSA) is 42.2 Å². The van der Waals surface area contributed by atoms with Crippen molar-refractivity contribution in [3.8, 4) is 11.5 Å². The predicted molar refractivity (Wildman–Crippen MR) is 82.6 cm³/mol. The molecule has 2 heterocycles. The minimum Gasteiger partial charge on any atom is -0.334 e. The van der Waals surface area contributed by atoms with E-state index in [2.05, 4.69) is 42.7 Å². The molecule has 0 atom stereocenters. The molecule has 2 aromatic heterocycles. The van der Waals surface area contributed by atoms with Gasteiger partial charge in [0, 0.05) is 18.5 Å². The summed E-state index contributed by atoms with van der Waals surface area (Å²) in [6, 6.07) is 2.00. The third-order valence-electron chi connectivity index (χ3n) is 2.85. The summed E-state index contributed by atoms with van der Waals surface area (Å²) in [4.78, 5) is 6.89. The monoisotopic (exact) mass is 293 g/mol. The zero-order valence-electron chi connectivity index (χ0n) is 12.7. The van der Waals surface area contributed by atoms with Crippen LogP contribution in [0.5, 0.6) is 0 Å². The van der Waals surface area contributed by atoms with Crippen molar-refractivity contribution in [2.75, 3.05) is 13.1 Å². The zero-order chi connectivity index (χ0) is 14.5. The van der Waals surface area contributed by atoms with E-state index in [1.54, 1.807) is 11.3 Å². The number of hydrogen-bond donors (Lipinski definition) is 0. The van der Waals surface area contributed by atoms with E-state index in [4.69, 9.17) is 4.52 Å². The molecule has 0 aliphatic rings. The van der Waals surface area contributed by atoms with Gasteiger partial charge in [0.05, 0.1) is 12.1 Å². The van der Waals surface area contributed by atoms with Crippen molar-refractivity contribution >= 4 is 11.3 Å². The maximum absolute atomic E-state index is 5.34. The van der Waals surface area contributed by atoms with Gasteiger partial charge in [-0.1, -0.05) is 32.9 Å². The molecular formula is C15H23N3OS. The number of rotatable bonds is 7. The van der Waals surface area contributed by atoms with Gasteiger partial charge in [0.1, 0.15) is 0 Å². The molecule has 0 fully saturated rings. The van der Waals surface area contributed by atoms with Crippen LogP contribution in [0.3, 0.4) is 0 Å². The highest BCUT2D eigenvalue weighted by atomic mass is 32.1. The van der Waals surface area contributed by atoms with E-state index < -0.39 is 0 Å². The molecule has 0 bridgehead atoms. The maximum Gasteiger partial charge on any atom is 0.258 e. The van der Waals surface area contributed by atoms with E-state index >= 15 is 0 Å². The van der Waals surface area contributed by atoms with Crippen molar-refractivity contribution in [3.05, 3.63) is 22.7 Å². The third-order valence-corrected chi connectivity index (χ3v) is 3.53. The highest BCUT2D eigenvalue weighted by molar-refractivity contribution is 7.08. The van der Waals surface area contributed by atoms with Gasteiger partial charge in [0.25, 0.3) is 5.89 Å². The molecule has 2 aromatic rings. The van der Waals surface area contributed by atoms with Gasteiger partial charge in [0.2, 0.25) is 0 Å². The maximum atomic E-state index is 5.34. The molecule has 0 radical (unpaired) electrons. The van der Waals surface area contributed by atoms with Crippen LogP contribution < -0.4 is 0 Å². The Morgan fingerprint density at radius 3 is 2.45 bits per heavy atom. The second-order valence-corrected chi connectivity index (χ2v) is 6.79. The Hall–Kier alpha value is -1.20. The molecule has 5 heteroatoms. The minimum absolute atomic E-state index is 0.621. The van der Waals surface area contributed by atoms with Gasteiger partial charge in [0.15, 0.2) is 5.82 Å². The fourth-order valence-electron chi connectivity index (χ4n) is 2.26. The lowest BCUT2D eigenvalue weighted by Crippen LogP contribution is -2.31. The average molecular weight is 293 g/mol. The third kappa shape index (κ3) is 4.42. The van der Waals surface area contributed by atoms with Gasteiger partial charge in [-0.05, 0) is 23.3 Å². The summed E-state index contributed by atoms with van der Waals surface area (Å²) in [5.74, 6) is 2.66. The predicted octanol–water partition coefficient (Wildman–Crippen LogP) is 3.91. The van der Waals surface area contributed by atoms with E-state index in [1.807, 2.05) is 16.8 Å². The fourth-order valence-corrected chi connectivity index (χ4v) is 2.89. The molecule has 0 unspecified atom stereocenters. The molecule has 0 aliphatic carbocycles. The Bertz CT molecular complexity index is 495. The zero-order valence-corrected chi connectivity index (χ0v) is 13.5. The molecular weight excluding hydrogens is 270 g/mol. The summed E-state index contributed by atoms with van der Waals surface area (Å²) < 4.78 is 5.34. The second kappa shape index (κ2) is 6.99. The molecule has 0 aromatic carbocycles. The molecule has 0 spiro atoms. The van der Waals surface area contributed by atoms with Crippen LogP contribution in [0.4, 0.5) is 0 Å². The van der Waals surface area contributed by atoms with Gasteiger partial charge < -0.3 is 4.52 Å². The first kappa shape index (κ1) is 15.2. The summed E-state index contributed by atoms with van der Waals surface area (Å²) in [6.07, 6.45) is 0. The summed E-state index contributed by atoms with van der Waals surface area (Å²) >= 11 is 1.64. The van der Waals surface area contributed by atoms with E-state index in [1.165, 1.54) is 0 Å². The first-order chi connectivity index (χ1) is 9.54. The Balaban J connectivity index is 2.03. The lowest BCUT2D eigenvalue weighted by atomic mass is 10.1. The van der Waals surface area contributed by atoms with Gasteiger partial charge in [-0.2, -0.15) is 16.3 Å². The van der Waals surface area contributed by atoms with Crippen LogP contribution in [0.2, 0.25) is 0 Å². The molecule has 0 N–H and O–H groups in total. The minimum atomic E-state index is 0.621. The average Bonchev–Trinajstić information content (AvgIpc) is 2.95. The Labute approximate surface area is 124 Å². The van der Waals surface area contributed by atoms with Crippen LogP contribution >= 0.6 is 11.3 Å². The van der Waals surface area contributed by atoms with Gasteiger partial charge >= 0.3 is 0 Å². The summed E-state index contributed by atoms with van der Waals surface area (Å²) in [5, 5.41) is 8.15. The molecule has 0 saturated carbocycles. The normalized spacial score (nSPS) is 11.9. The van der Waals surface area contributed by atoms with E-state index in [0.717, 1.165) is 31.0 Å². The fraction of sp³-hybridized carbons (Fsp3) is 0.600. The van der Waals surface area contributed by atoms with Crippen molar-refractivity contribution in [2.45, 2.75) is 34.2 Å². The van der Waals surface area contributed by atoms with Crippen LogP contribution in [-0.4, -0.2) is 28.1 Å². The number of aromatic nitrogens is 2. The molecule has 4 nitrogen and oxygen atoms in total. The molecule has 0 amide bonds. The van der Waals surface area contributed by atoms with Crippen LogP contribution in [0, 0.1) is 11.8 Å². The van der Waals surface area contributed by atoms with E-state index in [-0.39, 0.29) is 0 Å². The molecule has 110 valence electrons. The number of thiophene rings is 1. The smallest absolute Gasteiger partial charge is 0.258 e. The van der Waals surface area contributed by atoms with Crippen molar-refractivity contribution < 1.29 is 4.52 Å². The first-order valence-electron chi connectivity index (χ1n) is 7.12. The Morgan fingerprint density at radius 2 is 1.90 bits per heavy atom. The van der Waals surface area contributed by atoms with Crippen LogP contribution in [0.25, 0.3) is 11.5 Å². The molecule has 0 saturated heterocycles. The molecule has 2 rings (SSSR count). The Kier molecular flexibility index (Phi) is 5.31. The van der Waals surface area contributed by atoms with Crippen LogP contribution in [0.15, 0.2) is 21.3 Å². The highest BCUT2D eigenvalue weighted by Gasteiger charge is 2.15. The number of nitrogens with zero attached hydrogens (tertiary/aromatic N) is 3. The number of hydrogen-bond acceptors (Lipinski definition) is 5. The lowest BCUT2D eigenvalue weighted by Gasteiger charge is -2.24. The van der Waals surface area contributed by atoms with Crippen LogP contribution in [-0.2, 0) is 6.54 Å². The summed E-state index contributed by atoms with van der Waals surface area (Å²) in [5.41, 5.74) is 1.01. The highest BCUT2D eigenvalue weighted by Crippen LogP contribution is 2.20. The van der Waals surface area contributed by atoms with Gasteiger partial charge in [-0.25, -0.2) is 0 Å². The van der Waals surface area contributed by atoms with Crippen molar-refractivity contribution in [2.24, 2.45) is 11.8 Å². The van der Waals surface area contributed by atoms with Crippen molar-refractivity contribution in [1.82, 2.24) is 15.0 Å². The summed E-state index contributed by atoms with van der Waals surface area (Å²) in [6.45, 7) is 11.8. The largest absolute Gasteiger partial charge is 0.334 e. The quantitative estimate of drug-likeness (QED) is 0.776. The van der Waals surface area contributed by atoms with Gasteiger partial charge in [-0.3, -0.25) is 4.90 Å². The summed E-state index contributed by atoms with van der Waals surface area (Å²) in [7, 11) is 0. The van der Waals surface area contributed by atoms with Crippen molar-refractivity contribution in [1.29, 1.82) is 0 Å². The van der Waals surface area contributed by atoms with E-state index in [0.29, 0.717) is 17.7 Å². The SMILES string of the molecule is CC(C)CN(Cc1noc(-c2ccsc2)n1)CC(C)C. The van der Waals surface area contributed by atoms with Gasteiger partial charge in [-0.15, -0.1) is 0 Å². The standard InChI is InChI=1S/C15H23N3OS/c1-11(2)7-18(8-12(3)4)9-14-16-15(19-17-14)13-5-6-20-10-13/h5-6,10-12H,7-9H2,1-4H3. The van der Waals surface area contributed by atoms with Crippen molar-refractivity contribution in [3.63, 3.8) is 0 Å². The first-order valence-corrected chi connectivity index (χ1v) is 8.06. The molecule has 0 aliphatic heterocycles. The lowest BCUT2D eigenvalue weighted by molar-refractivity contribution is 0.204. The van der Waals surface area contributed by atoms with Crippen LogP contribution in [0.1, 0.15) is 33.5 Å². The Morgan fingerprint density at radius 1 is 1.20 bits per heavy atom.